The van der Waals surface area contributed by atoms with E-state index in [0.717, 1.165) is 0 Å². The quantitative estimate of drug-likeness (QED) is 0.752. The summed E-state index contributed by atoms with van der Waals surface area (Å²) in [5.74, 6) is -0.884. The molecule has 0 bridgehead atoms. The van der Waals surface area contributed by atoms with Crippen LogP contribution in [0, 0.1) is 5.92 Å². The third-order valence-corrected chi connectivity index (χ3v) is 5.68. The van der Waals surface area contributed by atoms with Gasteiger partial charge >= 0.3 is 5.91 Å². The van der Waals surface area contributed by atoms with Gasteiger partial charge in [-0.2, -0.15) is 0 Å². The summed E-state index contributed by atoms with van der Waals surface area (Å²) in [5, 5.41) is 0. The molecule has 0 spiro atoms. The Bertz CT molecular complexity index is 891. The van der Waals surface area contributed by atoms with Crippen LogP contribution >= 0.6 is 0 Å². The van der Waals surface area contributed by atoms with Crippen molar-refractivity contribution in [2.75, 3.05) is 11.5 Å². The zero-order chi connectivity index (χ0) is 18.6. The van der Waals surface area contributed by atoms with Crippen molar-refractivity contribution in [1.82, 2.24) is 10.9 Å². The highest BCUT2D eigenvalue weighted by molar-refractivity contribution is 7.91. The Labute approximate surface area is 150 Å². The molecule has 0 saturated carbocycles. The van der Waals surface area contributed by atoms with Gasteiger partial charge in [0.2, 0.25) is 5.91 Å². The predicted molar refractivity (Wildman–Crippen MR) is 91.9 cm³/mol. The van der Waals surface area contributed by atoms with E-state index in [2.05, 4.69) is 10.9 Å². The van der Waals surface area contributed by atoms with E-state index < -0.39 is 27.6 Å². The highest BCUT2D eigenvalue weighted by Gasteiger charge is 2.33. The summed E-state index contributed by atoms with van der Waals surface area (Å²) >= 11 is 0. The topological polar surface area (TPSA) is 115 Å². The molecule has 2 amide bonds. The maximum atomic E-state index is 12.0. The Morgan fingerprint density at radius 3 is 2.58 bits per heavy atom. The number of rotatable bonds is 5. The van der Waals surface area contributed by atoms with Crippen LogP contribution in [0.4, 0.5) is 0 Å². The van der Waals surface area contributed by atoms with Crippen molar-refractivity contribution in [3.63, 3.8) is 0 Å². The Balaban J connectivity index is 1.48. The average Bonchev–Trinajstić information content (AvgIpc) is 3.25. The molecule has 138 valence electrons. The first-order chi connectivity index (χ1) is 12.4. The first-order valence-electron chi connectivity index (χ1n) is 8.00. The van der Waals surface area contributed by atoms with E-state index >= 15 is 0 Å². The van der Waals surface area contributed by atoms with Gasteiger partial charge in [0.25, 0.3) is 0 Å². The van der Waals surface area contributed by atoms with Crippen LogP contribution < -0.4 is 15.6 Å². The molecule has 26 heavy (non-hydrogen) atoms. The lowest BCUT2D eigenvalue weighted by atomic mass is 10.1. The lowest BCUT2D eigenvalue weighted by molar-refractivity contribution is -0.125. The number of para-hydroxylation sites is 1. The summed E-state index contributed by atoms with van der Waals surface area (Å²) in [6.07, 6.45) is 0.256. The summed E-state index contributed by atoms with van der Waals surface area (Å²) < 4.78 is 33.6. The second-order valence-corrected chi connectivity index (χ2v) is 8.14. The molecule has 2 N–H and O–H groups in total. The van der Waals surface area contributed by atoms with Gasteiger partial charge in [-0.3, -0.25) is 20.4 Å². The van der Waals surface area contributed by atoms with E-state index in [0.29, 0.717) is 11.5 Å². The van der Waals surface area contributed by atoms with Crippen molar-refractivity contribution in [3.05, 3.63) is 54.0 Å². The van der Waals surface area contributed by atoms with E-state index in [1.807, 2.05) is 18.2 Å². The SMILES string of the molecule is O=C(NNC(=O)[C@H]1CCS(=O)(=O)C1)c1ccc(COc2ccccc2)o1. The number of hydrazine groups is 1. The second kappa shape index (κ2) is 7.61. The summed E-state index contributed by atoms with van der Waals surface area (Å²) in [4.78, 5) is 23.9. The average molecular weight is 378 g/mol. The minimum absolute atomic E-state index is 0.0102. The van der Waals surface area contributed by atoms with Crippen molar-refractivity contribution in [2.24, 2.45) is 5.92 Å². The third-order valence-electron chi connectivity index (χ3n) is 3.91. The summed E-state index contributed by atoms with van der Waals surface area (Å²) in [5.41, 5.74) is 4.46. The Morgan fingerprint density at radius 1 is 1.12 bits per heavy atom. The Kier molecular flexibility index (Phi) is 5.27. The molecule has 2 aromatic rings. The number of hydrogen-bond donors (Lipinski definition) is 2. The lowest BCUT2D eigenvalue weighted by Gasteiger charge is -2.09. The molecule has 0 aliphatic carbocycles. The van der Waals surface area contributed by atoms with Crippen LogP contribution in [-0.4, -0.2) is 31.7 Å². The van der Waals surface area contributed by atoms with Crippen LogP contribution in [0.1, 0.15) is 22.7 Å². The molecule has 0 radical (unpaired) electrons. The van der Waals surface area contributed by atoms with Crippen LogP contribution in [0.2, 0.25) is 0 Å². The second-order valence-electron chi connectivity index (χ2n) is 5.91. The number of carbonyl (C=O) groups is 2. The van der Waals surface area contributed by atoms with E-state index in [1.165, 1.54) is 6.07 Å². The van der Waals surface area contributed by atoms with Gasteiger partial charge in [0.15, 0.2) is 15.6 Å². The van der Waals surface area contributed by atoms with Gasteiger partial charge in [-0.25, -0.2) is 8.42 Å². The van der Waals surface area contributed by atoms with Gasteiger partial charge < -0.3 is 9.15 Å². The molecule has 1 saturated heterocycles. The molecular weight excluding hydrogens is 360 g/mol. The molecule has 9 heteroatoms. The maximum absolute atomic E-state index is 12.0. The molecule has 0 unspecified atom stereocenters. The fourth-order valence-electron chi connectivity index (χ4n) is 2.53. The minimum atomic E-state index is -3.16. The molecule has 1 aliphatic heterocycles. The standard InChI is InChI=1S/C17H18N2O6S/c20-16(12-8-9-26(22,23)11-12)18-19-17(21)15-7-6-14(25-15)10-24-13-4-2-1-3-5-13/h1-7,12H,8-11H2,(H,18,20)(H,19,21)/t12-/m0/s1. The molecule has 3 rings (SSSR count). The molecule has 1 aliphatic rings. The zero-order valence-corrected chi connectivity index (χ0v) is 14.6. The van der Waals surface area contributed by atoms with Crippen molar-refractivity contribution in [3.8, 4) is 5.75 Å². The van der Waals surface area contributed by atoms with Crippen LogP contribution in [0.3, 0.4) is 0 Å². The van der Waals surface area contributed by atoms with Gasteiger partial charge in [-0.05, 0) is 30.7 Å². The maximum Gasteiger partial charge on any atom is 0.305 e. The number of benzene rings is 1. The van der Waals surface area contributed by atoms with Crippen LogP contribution in [0.15, 0.2) is 46.9 Å². The number of hydrogen-bond acceptors (Lipinski definition) is 6. The highest BCUT2D eigenvalue weighted by Crippen LogP contribution is 2.18. The number of sulfone groups is 1. The monoisotopic (exact) mass is 378 g/mol. The van der Waals surface area contributed by atoms with Crippen molar-refractivity contribution < 1.29 is 27.2 Å². The van der Waals surface area contributed by atoms with Crippen molar-refractivity contribution in [1.29, 1.82) is 0 Å². The highest BCUT2D eigenvalue weighted by atomic mass is 32.2. The molecule has 8 nitrogen and oxygen atoms in total. The molecule has 1 aromatic heterocycles. The summed E-state index contributed by atoms with van der Waals surface area (Å²) in [6.45, 7) is 0.156. The fourth-order valence-corrected chi connectivity index (χ4v) is 4.27. The van der Waals surface area contributed by atoms with E-state index in [4.69, 9.17) is 9.15 Å². The molecule has 1 fully saturated rings. The first-order valence-corrected chi connectivity index (χ1v) is 9.82. The zero-order valence-electron chi connectivity index (χ0n) is 13.8. The molecular formula is C17H18N2O6S. The fraction of sp³-hybridized carbons (Fsp3) is 0.294. The van der Waals surface area contributed by atoms with Crippen LogP contribution in [-0.2, 0) is 21.2 Å². The lowest BCUT2D eigenvalue weighted by Crippen LogP contribution is -2.44. The molecule has 1 atom stereocenters. The van der Waals surface area contributed by atoms with Gasteiger partial charge in [-0.15, -0.1) is 0 Å². The normalized spacial score (nSPS) is 18.2. The van der Waals surface area contributed by atoms with Gasteiger partial charge in [0, 0.05) is 0 Å². The third kappa shape index (κ3) is 4.63. The molecule has 2 heterocycles. The Hall–Kier alpha value is -2.81. The van der Waals surface area contributed by atoms with E-state index in [1.54, 1.807) is 18.2 Å². The number of carbonyl (C=O) groups excluding carboxylic acids is 2. The van der Waals surface area contributed by atoms with E-state index in [9.17, 15) is 18.0 Å². The first kappa shape index (κ1) is 18.0. The van der Waals surface area contributed by atoms with Gasteiger partial charge in [-0.1, -0.05) is 18.2 Å². The number of furan rings is 1. The van der Waals surface area contributed by atoms with Gasteiger partial charge in [0.05, 0.1) is 17.4 Å². The Morgan fingerprint density at radius 2 is 1.88 bits per heavy atom. The molecule has 1 aromatic carbocycles. The van der Waals surface area contributed by atoms with Gasteiger partial charge in [0.1, 0.15) is 18.1 Å². The summed E-state index contributed by atoms with van der Waals surface area (Å²) in [6, 6.07) is 12.2. The number of nitrogens with one attached hydrogen (secondary N) is 2. The predicted octanol–water partition coefficient (Wildman–Crippen LogP) is 1.05. The number of ether oxygens (including phenoxy) is 1. The smallest absolute Gasteiger partial charge is 0.305 e. The van der Waals surface area contributed by atoms with Crippen molar-refractivity contribution in [2.45, 2.75) is 13.0 Å². The minimum Gasteiger partial charge on any atom is -0.486 e. The van der Waals surface area contributed by atoms with Crippen molar-refractivity contribution >= 4 is 21.7 Å². The van der Waals surface area contributed by atoms with Crippen LogP contribution in [0.25, 0.3) is 0 Å². The van der Waals surface area contributed by atoms with Crippen LogP contribution in [0.5, 0.6) is 5.75 Å². The largest absolute Gasteiger partial charge is 0.486 e. The van der Waals surface area contributed by atoms with E-state index in [-0.39, 0.29) is 30.3 Å². The number of amides is 2. The summed E-state index contributed by atoms with van der Waals surface area (Å²) in [7, 11) is -3.16.